The van der Waals surface area contributed by atoms with Gasteiger partial charge in [0.1, 0.15) is 11.3 Å². The SMILES string of the molecule is O=C(Oc1ccccc1)n1c(C(F)(F)F)nc2c(Cl)cc([N+](=O)[O-])cc21. The lowest BCUT2D eigenvalue weighted by molar-refractivity contribution is -0.384. The minimum Gasteiger partial charge on any atom is -0.410 e. The van der Waals surface area contributed by atoms with Crippen LogP contribution in [0.25, 0.3) is 11.0 Å². The number of alkyl halides is 3. The van der Waals surface area contributed by atoms with Crippen LogP contribution >= 0.6 is 11.6 Å². The third kappa shape index (κ3) is 3.18. The fourth-order valence-electron chi connectivity index (χ4n) is 2.24. The maximum Gasteiger partial charge on any atom is 0.450 e. The zero-order valence-electron chi connectivity index (χ0n) is 12.5. The van der Waals surface area contributed by atoms with Crippen LogP contribution in [0, 0.1) is 10.1 Å². The Bertz CT molecular complexity index is 1020. The number of hydrogen-bond acceptors (Lipinski definition) is 5. The van der Waals surface area contributed by atoms with Crippen molar-refractivity contribution >= 4 is 34.4 Å². The Hall–Kier alpha value is -3.14. The predicted molar refractivity (Wildman–Crippen MR) is 84.3 cm³/mol. The number of non-ortho nitro benzene ring substituents is 1. The largest absolute Gasteiger partial charge is 0.450 e. The molecule has 0 aliphatic carbocycles. The first-order valence-corrected chi connectivity index (χ1v) is 7.27. The van der Waals surface area contributed by atoms with Gasteiger partial charge in [-0.2, -0.15) is 13.2 Å². The highest BCUT2D eigenvalue weighted by Gasteiger charge is 2.40. The highest BCUT2D eigenvalue weighted by molar-refractivity contribution is 6.35. The van der Waals surface area contributed by atoms with E-state index in [1.54, 1.807) is 6.07 Å². The Morgan fingerprint density at radius 3 is 2.46 bits per heavy atom. The molecule has 0 fully saturated rings. The first-order valence-electron chi connectivity index (χ1n) is 6.89. The van der Waals surface area contributed by atoms with Gasteiger partial charge < -0.3 is 4.74 Å². The lowest BCUT2D eigenvalue weighted by Crippen LogP contribution is -2.24. The molecule has 0 saturated carbocycles. The van der Waals surface area contributed by atoms with Gasteiger partial charge in [0.25, 0.3) is 5.69 Å². The van der Waals surface area contributed by atoms with Crippen LogP contribution < -0.4 is 4.74 Å². The quantitative estimate of drug-likeness (QED) is 0.473. The molecule has 0 N–H and O–H groups in total. The Kier molecular flexibility index (Phi) is 4.28. The number of carbonyl (C=O) groups excluding carboxylic acids is 1. The third-order valence-corrected chi connectivity index (χ3v) is 3.58. The second kappa shape index (κ2) is 6.30. The van der Waals surface area contributed by atoms with E-state index in [4.69, 9.17) is 16.3 Å². The van der Waals surface area contributed by atoms with Crippen LogP contribution in [0.3, 0.4) is 0 Å². The third-order valence-electron chi connectivity index (χ3n) is 3.29. The summed E-state index contributed by atoms with van der Waals surface area (Å²) in [5.41, 5.74) is -1.49. The van der Waals surface area contributed by atoms with Crippen molar-refractivity contribution in [2.75, 3.05) is 0 Å². The number of rotatable bonds is 2. The monoisotopic (exact) mass is 385 g/mol. The topological polar surface area (TPSA) is 87.3 Å². The van der Waals surface area contributed by atoms with Gasteiger partial charge in [0.05, 0.1) is 15.5 Å². The second-order valence-electron chi connectivity index (χ2n) is 5.00. The zero-order chi connectivity index (χ0) is 19.1. The van der Waals surface area contributed by atoms with Crippen molar-refractivity contribution in [3.05, 3.63) is 63.4 Å². The summed E-state index contributed by atoms with van der Waals surface area (Å²) in [4.78, 5) is 25.8. The van der Waals surface area contributed by atoms with E-state index in [1.807, 2.05) is 0 Å². The van der Waals surface area contributed by atoms with E-state index in [-0.39, 0.29) is 10.3 Å². The van der Waals surface area contributed by atoms with Gasteiger partial charge in [0, 0.05) is 12.1 Å². The molecule has 0 saturated heterocycles. The number of para-hydroxylation sites is 1. The lowest BCUT2D eigenvalue weighted by atomic mass is 10.3. The minimum atomic E-state index is -5.02. The Morgan fingerprint density at radius 2 is 1.88 bits per heavy atom. The molecule has 0 atom stereocenters. The minimum absolute atomic E-state index is 0.0102. The van der Waals surface area contributed by atoms with Gasteiger partial charge in [-0.3, -0.25) is 10.1 Å². The average Bonchev–Trinajstić information content (AvgIpc) is 2.96. The molecule has 3 rings (SSSR count). The maximum absolute atomic E-state index is 13.3. The summed E-state index contributed by atoms with van der Waals surface area (Å²) >= 11 is 5.81. The first-order chi connectivity index (χ1) is 12.2. The number of nitrogens with zero attached hydrogens (tertiary/aromatic N) is 3. The van der Waals surface area contributed by atoms with Gasteiger partial charge in [0.2, 0.25) is 5.82 Å². The number of fused-ring (bicyclic) bond motifs is 1. The molecule has 1 aromatic heterocycles. The molecule has 0 aliphatic heterocycles. The number of aromatic nitrogens is 2. The summed E-state index contributed by atoms with van der Waals surface area (Å²) in [7, 11) is 0. The number of nitro groups is 1. The molecule has 0 amide bonds. The van der Waals surface area contributed by atoms with Crippen LogP contribution in [-0.4, -0.2) is 20.6 Å². The molecule has 1 heterocycles. The van der Waals surface area contributed by atoms with Crippen LogP contribution in [-0.2, 0) is 6.18 Å². The van der Waals surface area contributed by atoms with Crippen molar-refractivity contribution in [3.8, 4) is 5.75 Å². The van der Waals surface area contributed by atoms with Gasteiger partial charge in [-0.1, -0.05) is 29.8 Å². The molecule has 2 aromatic carbocycles. The Balaban J connectivity index is 2.23. The summed E-state index contributed by atoms with van der Waals surface area (Å²) in [5, 5.41) is 10.6. The number of ether oxygens (including phenoxy) is 1. The van der Waals surface area contributed by atoms with Crippen LogP contribution in [0.1, 0.15) is 5.82 Å². The average molecular weight is 386 g/mol. The number of halogens is 4. The van der Waals surface area contributed by atoms with E-state index in [0.29, 0.717) is 0 Å². The van der Waals surface area contributed by atoms with E-state index in [1.165, 1.54) is 24.3 Å². The molecule has 7 nitrogen and oxygen atoms in total. The van der Waals surface area contributed by atoms with Gasteiger partial charge in [-0.25, -0.2) is 14.3 Å². The first kappa shape index (κ1) is 17.7. The summed E-state index contributed by atoms with van der Waals surface area (Å²) in [6.07, 6.45) is -6.45. The second-order valence-corrected chi connectivity index (χ2v) is 5.41. The summed E-state index contributed by atoms with van der Waals surface area (Å²) < 4.78 is 45.0. The number of carbonyl (C=O) groups is 1. The van der Waals surface area contributed by atoms with Crippen molar-refractivity contribution in [2.24, 2.45) is 0 Å². The number of benzene rings is 2. The van der Waals surface area contributed by atoms with E-state index >= 15 is 0 Å². The fourth-order valence-corrected chi connectivity index (χ4v) is 2.49. The molecule has 0 aliphatic rings. The van der Waals surface area contributed by atoms with Crippen molar-refractivity contribution in [2.45, 2.75) is 6.18 Å². The standard InChI is InChI=1S/C15H7ClF3N3O4/c16-10-6-8(22(24)25)7-11-12(10)20-13(15(17,18)19)21(11)14(23)26-9-4-2-1-3-5-9/h1-7H. The van der Waals surface area contributed by atoms with E-state index in [2.05, 4.69) is 4.98 Å². The van der Waals surface area contributed by atoms with Crippen LogP contribution in [0.4, 0.5) is 23.7 Å². The smallest absolute Gasteiger partial charge is 0.410 e. The molecule has 0 unspecified atom stereocenters. The van der Waals surface area contributed by atoms with Crippen molar-refractivity contribution in [3.63, 3.8) is 0 Å². The summed E-state index contributed by atoms with van der Waals surface area (Å²) in [5.74, 6) is -1.61. The highest BCUT2D eigenvalue weighted by Crippen LogP contribution is 2.36. The van der Waals surface area contributed by atoms with Crippen LogP contribution in [0.15, 0.2) is 42.5 Å². The van der Waals surface area contributed by atoms with Crippen molar-refractivity contribution < 1.29 is 27.6 Å². The molecule has 26 heavy (non-hydrogen) atoms. The Labute approximate surface area is 147 Å². The van der Waals surface area contributed by atoms with Crippen molar-refractivity contribution in [1.29, 1.82) is 0 Å². The van der Waals surface area contributed by atoms with Crippen molar-refractivity contribution in [1.82, 2.24) is 9.55 Å². The maximum atomic E-state index is 13.3. The predicted octanol–water partition coefficient (Wildman–Crippen LogP) is 4.66. The summed E-state index contributed by atoms with van der Waals surface area (Å²) in [6.45, 7) is 0. The van der Waals surface area contributed by atoms with Gasteiger partial charge in [0.15, 0.2) is 0 Å². The number of nitro benzene ring substituents is 1. The van der Waals surface area contributed by atoms with E-state index in [0.717, 1.165) is 12.1 Å². The Morgan fingerprint density at radius 1 is 1.23 bits per heavy atom. The number of imidazole rings is 1. The molecular weight excluding hydrogens is 379 g/mol. The van der Waals surface area contributed by atoms with Crippen LogP contribution in [0.5, 0.6) is 5.75 Å². The van der Waals surface area contributed by atoms with Gasteiger partial charge in [-0.05, 0) is 12.1 Å². The molecule has 3 aromatic rings. The lowest BCUT2D eigenvalue weighted by Gasteiger charge is -2.10. The normalized spacial score (nSPS) is 11.5. The molecule has 134 valence electrons. The number of hydrogen-bond donors (Lipinski definition) is 0. The molecule has 0 spiro atoms. The van der Waals surface area contributed by atoms with E-state index < -0.39 is 44.8 Å². The highest BCUT2D eigenvalue weighted by atomic mass is 35.5. The molecule has 0 radical (unpaired) electrons. The van der Waals surface area contributed by atoms with Gasteiger partial charge >= 0.3 is 12.3 Å². The fraction of sp³-hybridized carbons (Fsp3) is 0.0667. The molecule has 11 heteroatoms. The summed E-state index contributed by atoms with van der Waals surface area (Å²) in [6, 6.07) is 9.00. The zero-order valence-corrected chi connectivity index (χ0v) is 13.3. The molecular formula is C15H7ClF3N3O4. The van der Waals surface area contributed by atoms with Gasteiger partial charge in [-0.15, -0.1) is 0 Å². The van der Waals surface area contributed by atoms with E-state index in [9.17, 15) is 28.1 Å². The van der Waals surface area contributed by atoms with Crippen LogP contribution in [0.2, 0.25) is 5.02 Å². The molecule has 0 bridgehead atoms.